The Kier molecular flexibility index (Phi) is 4.61. The molecule has 0 spiro atoms. The Bertz CT molecular complexity index is 612. The molecular formula is C18H21BrN2. The van der Waals surface area contributed by atoms with Crippen LogP contribution in [0.2, 0.25) is 0 Å². The fourth-order valence-corrected chi connectivity index (χ4v) is 3.65. The number of benzene rings is 2. The molecule has 2 aromatic carbocycles. The first-order chi connectivity index (χ1) is 10.3. The Morgan fingerprint density at radius 1 is 1.10 bits per heavy atom. The Morgan fingerprint density at radius 3 is 2.71 bits per heavy atom. The molecule has 21 heavy (non-hydrogen) atoms. The van der Waals surface area contributed by atoms with Crippen molar-refractivity contribution in [2.24, 2.45) is 5.73 Å². The van der Waals surface area contributed by atoms with E-state index < -0.39 is 0 Å². The summed E-state index contributed by atoms with van der Waals surface area (Å²) >= 11 is 3.60. The zero-order valence-electron chi connectivity index (χ0n) is 12.1. The molecule has 2 nitrogen and oxygen atoms in total. The third kappa shape index (κ3) is 3.30. The largest absolute Gasteiger partial charge is 0.371 e. The maximum atomic E-state index is 6.38. The van der Waals surface area contributed by atoms with Gasteiger partial charge < -0.3 is 10.6 Å². The lowest BCUT2D eigenvalue weighted by molar-refractivity contribution is 0.602. The van der Waals surface area contributed by atoms with Crippen molar-refractivity contribution in [2.45, 2.75) is 25.3 Å². The smallest absolute Gasteiger partial charge is 0.0398 e. The van der Waals surface area contributed by atoms with Crippen molar-refractivity contribution in [1.29, 1.82) is 0 Å². The Labute approximate surface area is 135 Å². The third-order valence-electron chi connectivity index (χ3n) is 4.22. The predicted molar refractivity (Wildman–Crippen MR) is 92.7 cm³/mol. The van der Waals surface area contributed by atoms with Gasteiger partial charge in [0.05, 0.1) is 0 Å². The lowest BCUT2D eigenvalue weighted by Crippen LogP contribution is -2.32. The molecule has 1 heterocycles. The van der Waals surface area contributed by atoms with Gasteiger partial charge in [-0.2, -0.15) is 0 Å². The van der Waals surface area contributed by atoms with Crippen LogP contribution in [0.1, 0.15) is 30.0 Å². The normalized spacial score (nSPS) is 15.6. The number of hydrogen-bond acceptors (Lipinski definition) is 2. The van der Waals surface area contributed by atoms with Crippen LogP contribution in [-0.4, -0.2) is 13.1 Å². The van der Waals surface area contributed by atoms with Crippen molar-refractivity contribution in [1.82, 2.24) is 0 Å². The van der Waals surface area contributed by atoms with Crippen LogP contribution in [-0.2, 0) is 6.42 Å². The monoisotopic (exact) mass is 344 g/mol. The minimum atomic E-state index is 0.0784. The van der Waals surface area contributed by atoms with Crippen molar-refractivity contribution >= 4 is 21.6 Å². The molecule has 0 saturated heterocycles. The fourth-order valence-electron chi connectivity index (χ4n) is 3.07. The van der Waals surface area contributed by atoms with E-state index in [4.69, 9.17) is 5.73 Å². The number of anilines is 1. The van der Waals surface area contributed by atoms with Crippen LogP contribution < -0.4 is 10.6 Å². The second-order valence-corrected chi connectivity index (χ2v) is 6.49. The lowest BCUT2D eigenvalue weighted by Gasteiger charge is -2.32. The van der Waals surface area contributed by atoms with Gasteiger partial charge in [-0.1, -0.05) is 52.3 Å². The van der Waals surface area contributed by atoms with Crippen LogP contribution in [0.5, 0.6) is 0 Å². The summed E-state index contributed by atoms with van der Waals surface area (Å²) in [5, 5.41) is 0. The molecule has 1 unspecified atom stereocenters. The topological polar surface area (TPSA) is 29.3 Å². The van der Waals surface area contributed by atoms with Gasteiger partial charge in [0.2, 0.25) is 0 Å². The molecule has 3 heteroatoms. The Hall–Kier alpha value is -1.32. The molecular weight excluding hydrogens is 324 g/mol. The van der Waals surface area contributed by atoms with E-state index in [-0.39, 0.29) is 6.04 Å². The number of fused-ring (bicyclic) bond motifs is 1. The first-order valence-corrected chi connectivity index (χ1v) is 8.38. The van der Waals surface area contributed by atoms with E-state index >= 15 is 0 Å². The molecule has 0 saturated carbocycles. The van der Waals surface area contributed by atoms with E-state index in [1.54, 1.807) is 0 Å². The number of nitrogens with zero attached hydrogens (tertiary/aromatic N) is 1. The summed E-state index contributed by atoms with van der Waals surface area (Å²) in [6.45, 7) is 2.15. The van der Waals surface area contributed by atoms with Crippen LogP contribution in [0.4, 0.5) is 5.69 Å². The van der Waals surface area contributed by atoms with E-state index in [0.29, 0.717) is 0 Å². The second-order valence-electron chi connectivity index (χ2n) is 5.64. The molecule has 1 aliphatic heterocycles. The summed E-state index contributed by atoms with van der Waals surface area (Å²) in [7, 11) is 0. The molecule has 0 bridgehead atoms. The van der Waals surface area contributed by atoms with Crippen LogP contribution in [0.25, 0.3) is 0 Å². The van der Waals surface area contributed by atoms with Gasteiger partial charge in [-0.15, -0.1) is 0 Å². The minimum absolute atomic E-state index is 0.0784. The predicted octanol–water partition coefficient (Wildman–Crippen LogP) is 4.29. The molecule has 0 aromatic heterocycles. The van der Waals surface area contributed by atoms with Crippen molar-refractivity contribution in [3.05, 3.63) is 64.1 Å². The SMILES string of the molecule is NC(CCN1CCCc2ccccc21)c1ccccc1Br. The standard InChI is InChI=1S/C18H21BrN2/c19-16-9-3-2-8-15(16)17(20)11-13-21-12-5-7-14-6-1-4-10-18(14)21/h1-4,6,8-10,17H,5,7,11-13,20H2. The number of rotatable bonds is 4. The highest BCUT2D eigenvalue weighted by Crippen LogP contribution is 2.29. The van der Waals surface area contributed by atoms with Crippen molar-refractivity contribution in [3.63, 3.8) is 0 Å². The maximum Gasteiger partial charge on any atom is 0.0398 e. The molecule has 2 aromatic rings. The van der Waals surface area contributed by atoms with E-state index in [2.05, 4.69) is 63.3 Å². The van der Waals surface area contributed by atoms with Crippen LogP contribution in [0.3, 0.4) is 0 Å². The van der Waals surface area contributed by atoms with Crippen LogP contribution in [0, 0.1) is 0 Å². The average Bonchev–Trinajstić information content (AvgIpc) is 2.53. The molecule has 0 radical (unpaired) electrons. The van der Waals surface area contributed by atoms with Gasteiger partial charge >= 0.3 is 0 Å². The number of para-hydroxylation sites is 1. The fraction of sp³-hybridized carbons (Fsp3) is 0.333. The quantitative estimate of drug-likeness (QED) is 0.896. The van der Waals surface area contributed by atoms with Crippen molar-refractivity contribution in [3.8, 4) is 0 Å². The Morgan fingerprint density at radius 2 is 1.86 bits per heavy atom. The molecule has 0 aliphatic carbocycles. The highest BCUT2D eigenvalue weighted by Gasteiger charge is 2.17. The maximum absolute atomic E-state index is 6.38. The van der Waals surface area contributed by atoms with Gasteiger partial charge in [0.15, 0.2) is 0 Å². The number of aryl methyl sites for hydroxylation is 1. The average molecular weight is 345 g/mol. The van der Waals surface area contributed by atoms with Gasteiger partial charge in [0, 0.05) is 29.3 Å². The highest BCUT2D eigenvalue weighted by molar-refractivity contribution is 9.10. The van der Waals surface area contributed by atoms with Crippen LogP contribution >= 0.6 is 15.9 Å². The van der Waals surface area contributed by atoms with E-state index in [9.17, 15) is 0 Å². The molecule has 1 atom stereocenters. The van der Waals surface area contributed by atoms with Gasteiger partial charge in [-0.3, -0.25) is 0 Å². The number of halogens is 1. The molecule has 2 N–H and O–H groups in total. The minimum Gasteiger partial charge on any atom is -0.371 e. The van der Waals surface area contributed by atoms with E-state index in [1.165, 1.54) is 29.7 Å². The highest BCUT2D eigenvalue weighted by atomic mass is 79.9. The lowest BCUT2D eigenvalue weighted by atomic mass is 10.00. The first-order valence-electron chi connectivity index (χ1n) is 7.58. The zero-order chi connectivity index (χ0) is 14.7. The summed E-state index contributed by atoms with van der Waals surface area (Å²) in [5.74, 6) is 0. The second kappa shape index (κ2) is 6.63. The molecule has 0 amide bonds. The Balaban J connectivity index is 1.67. The molecule has 0 fully saturated rings. The molecule has 3 rings (SSSR count). The third-order valence-corrected chi connectivity index (χ3v) is 4.94. The summed E-state index contributed by atoms with van der Waals surface area (Å²) in [6.07, 6.45) is 3.40. The number of nitrogens with two attached hydrogens (primary N) is 1. The summed E-state index contributed by atoms with van der Waals surface area (Å²) in [4.78, 5) is 2.48. The summed E-state index contributed by atoms with van der Waals surface area (Å²) in [5.41, 5.74) is 10.4. The van der Waals surface area contributed by atoms with E-state index in [1.807, 2.05) is 6.07 Å². The van der Waals surface area contributed by atoms with Crippen molar-refractivity contribution < 1.29 is 0 Å². The van der Waals surface area contributed by atoms with Gasteiger partial charge in [0.1, 0.15) is 0 Å². The number of hydrogen-bond donors (Lipinski definition) is 1. The van der Waals surface area contributed by atoms with Crippen molar-refractivity contribution in [2.75, 3.05) is 18.0 Å². The molecule has 110 valence electrons. The zero-order valence-corrected chi connectivity index (χ0v) is 13.7. The van der Waals surface area contributed by atoms with E-state index in [0.717, 1.165) is 24.0 Å². The van der Waals surface area contributed by atoms with Gasteiger partial charge in [0.25, 0.3) is 0 Å². The first kappa shape index (κ1) is 14.6. The summed E-state index contributed by atoms with van der Waals surface area (Å²) < 4.78 is 1.11. The van der Waals surface area contributed by atoms with Gasteiger partial charge in [-0.05, 0) is 42.5 Å². The summed E-state index contributed by atoms with van der Waals surface area (Å²) in [6, 6.07) is 17.1. The van der Waals surface area contributed by atoms with Gasteiger partial charge in [-0.25, -0.2) is 0 Å². The van der Waals surface area contributed by atoms with Crippen LogP contribution in [0.15, 0.2) is 53.0 Å². The molecule has 1 aliphatic rings.